The van der Waals surface area contributed by atoms with Crippen LogP contribution in [0, 0.1) is 10.1 Å². The number of halogens is 1. The van der Waals surface area contributed by atoms with Gasteiger partial charge in [0.25, 0.3) is 0 Å². The molecule has 7 nitrogen and oxygen atoms in total. The van der Waals surface area contributed by atoms with Gasteiger partial charge in [0.2, 0.25) is 0 Å². The van der Waals surface area contributed by atoms with Gasteiger partial charge in [-0.25, -0.2) is 0 Å². The number of hydrogen-bond donors (Lipinski definition) is 3. The molecule has 2 aromatic rings. The largest absolute Gasteiger partial charge is 0.495 e. The molecular weight excluding hydrogens is 296 g/mol. The van der Waals surface area contributed by atoms with E-state index in [0.29, 0.717) is 22.1 Å². The van der Waals surface area contributed by atoms with Crippen molar-refractivity contribution in [1.82, 2.24) is 0 Å². The van der Waals surface area contributed by atoms with Crippen LogP contribution in [0.3, 0.4) is 0 Å². The molecule has 0 atom stereocenters. The van der Waals surface area contributed by atoms with E-state index in [4.69, 9.17) is 22.2 Å². The Labute approximate surface area is 125 Å². The molecular formula is C13H13ClN4O3. The highest BCUT2D eigenvalue weighted by molar-refractivity contribution is 6.32. The summed E-state index contributed by atoms with van der Waals surface area (Å²) in [6.45, 7) is 0. The molecule has 2 rings (SSSR count). The highest BCUT2D eigenvalue weighted by atomic mass is 35.5. The van der Waals surface area contributed by atoms with Gasteiger partial charge in [-0.05, 0) is 24.3 Å². The van der Waals surface area contributed by atoms with Gasteiger partial charge in [-0.15, -0.1) is 0 Å². The number of hydrogen-bond acceptors (Lipinski definition) is 6. The first-order chi connectivity index (χ1) is 10.1. The van der Waals surface area contributed by atoms with Crippen LogP contribution in [0.5, 0.6) is 5.75 Å². The van der Waals surface area contributed by atoms with E-state index in [0.717, 1.165) is 0 Å². The maximum Gasteiger partial charge on any atom is 0.316 e. The van der Waals surface area contributed by atoms with Crippen molar-refractivity contribution < 1.29 is 9.66 Å². The van der Waals surface area contributed by atoms with E-state index in [9.17, 15) is 10.1 Å². The zero-order valence-electron chi connectivity index (χ0n) is 11.1. The van der Waals surface area contributed by atoms with Gasteiger partial charge in [-0.3, -0.25) is 16.0 Å². The van der Waals surface area contributed by atoms with Crippen molar-refractivity contribution >= 4 is 34.4 Å². The third-order valence-corrected chi connectivity index (χ3v) is 3.12. The number of benzene rings is 2. The third-order valence-electron chi connectivity index (χ3n) is 2.80. The van der Waals surface area contributed by atoms with Crippen LogP contribution in [-0.2, 0) is 0 Å². The van der Waals surface area contributed by atoms with E-state index in [1.165, 1.54) is 13.2 Å². The Morgan fingerprint density at radius 1 is 1.29 bits per heavy atom. The molecule has 0 unspecified atom stereocenters. The fourth-order valence-electron chi connectivity index (χ4n) is 1.85. The van der Waals surface area contributed by atoms with Crippen molar-refractivity contribution in [2.75, 3.05) is 17.9 Å². The number of nitrogens with zero attached hydrogens (tertiary/aromatic N) is 1. The van der Waals surface area contributed by atoms with Gasteiger partial charge in [0.15, 0.2) is 0 Å². The summed E-state index contributed by atoms with van der Waals surface area (Å²) < 4.78 is 5.11. The van der Waals surface area contributed by atoms with E-state index in [-0.39, 0.29) is 11.4 Å². The Morgan fingerprint density at radius 3 is 2.62 bits per heavy atom. The van der Waals surface area contributed by atoms with Crippen molar-refractivity contribution in [3.8, 4) is 5.75 Å². The number of ether oxygens (including phenoxy) is 1. The lowest BCUT2D eigenvalue weighted by molar-refractivity contribution is -0.383. The fraction of sp³-hybridized carbons (Fsp3) is 0.0769. The van der Waals surface area contributed by atoms with Gasteiger partial charge in [-0.1, -0.05) is 17.7 Å². The van der Waals surface area contributed by atoms with Gasteiger partial charge < -0.3 is 15.5 Å². The molecule has 0 aliphatic rings. The number of nitrogen functional groups attached to an aromatic ring is 1. The zero-order chi connectivity index (χ0) is 15.4. The monoisotopic (exact) mass is 308 g/mol. The van der Waals surface area contributed by atoms with Gasteiger partial charge in [0.1, 0.15) is 17.1 Å². The number of para-hydroxylation sites is 1. The molecule has 0 heterocycles. The molecule has 8 heteroatoms. The Morgan fingerprint density at radius 2 is 2.00 bits per heavy atom. The standard InChI is InChI=1S/C13H13ClN4O3/c1-21-12-7-8(5-6-9(12)14)16-10-3-2-4-11(17-15)13(10)18(19)20/h2-7,16-17H,15H2,1H3. The molecule has 0 aromatic heterocycles. The summed E-state index contributed by atoms with van der Waals surface area (Å²) in [4.78, 5) is 10.7. The topological polar surface area (TPSA) is 102 Å². The Kier molecular flexibility index (Phi) is 4.46. The van der Waals surface area contributed by atoms with Gasteiger partial charge in [0, 0.05) is 11.8 Å². The minimum atomic E-state index is -0.509. The van der Waals surface area contributed by atoms with Crippen LogP contribution in [0.1, 0.15) is 0 Å². The number of rotatable bonds is 5. The Bertz CT molecular complexity index is 678. The average molecular weight is 309 g/mol. The van der Waals surface area contributed by atoms with E-state index in [1.807, 2.05) is 0 Å². The lowest BCUT2D eigenvalue weighted by Crippen LogP contribution is -2.10. The summed E-state index contributed by atoms with van der Waals surface area (Å²) in [6.07, 6.45) is 0. The second-order valence-corrected chi connectivity index (χ2v) is 4.48. The highest BCUT2D eigenvalue weighted by Crippen LogP contribution is 2.35. The molecule has 0 fully saturated rings. The van der Waals surface area contributed by atoms with Crippen LogP contribution in [0.4, 0.5) is 22.7 Å². The predicted octanol–water partition coefficient (Wildman–Crippen LogP) is 3.29. The van der Waals surface area contributed by atoms with Crippen molar-refractivity contribution in [2.45, 2.75) is 0 Å². The molecule has 0 radical (unpaired) electrons. The normalized spacial score (nSPS) is 10.0. The lowest BCUT2D eigenvalue weighted by atomic mass is 10.2. The van der Waals surface area contributed by atoms with Crippen molar-refractivity contribution in [1.29, 1.82) is 0 Å². The number of nitro benzene ring substituents is 1. The number of nitrogens with two attached hydrogens (primary N) is 1. The molecule has 21 heavy (non-hydrogen) atoms. The first-order valence-electron chi connectivity index (χ1n) is 5.91. The number of methoxy groups -OCH3 is 1. The van der Waals surface area contributed by atoms with E-state index in [2.05, 4.69) is 10.7 Å². The van der Waals surface area contributed by atoms with Crippen molar-refractivity contribution in [2.24, 2.45) is 5.84 Å². The summed E-state index contributed by atoms with van der Waals surface area (Å²) in [7, 11) is 1.49. The molecule has 4 N–H and O–H groups in total. The predicted molar refractivity (Wildman–Crippen MR) is 82.2 cm³/mol. The van der Waals surface area contributed by atoms with Crippen molar-refractivity contribution in [3.05, 3.63) is 51.5 Å². The van der Waals surface area contributed by atoms with Crippen LogP contribution >= 0.6 is 11.6 Å². The van der Waals surface area contributed by atoms with E-state index in [1.54, 1.807) is 30.3 Å². The number of anilines is 3. The highest BCUT2D eigenvalue weighted by Gasteiger charge is 2.19. The number of nitro groups is 1. The first-order valence-corrected chi connectivity index (χ1v) is 6.29. The Balaban J connectivity index is 2.42. The second-order valence-electron chi connectivity index (χ2n) is 4.08. The molecule has 2 aromatic carbocycles. The zero-order valence-corrected chi connectivity index (χ0v) is 11.8. The lowest BCUT2D eigenvalue weighted by Gasteiger charge is -2.11. The van der Waals surface area contributed by atoms with Crippen LogP contribution in [0.25, 0.3) is 0 Å². The molecule has 0 saturated heterocycles. The summed E-state index contributed by atoms with van der Waals surface area (Å²) in [5.41, 5.74) is 3.29. The van der Waals surface area contributed by atoms with Crippen molar-refractivity contribution in [3.63, 3.8) is 0 Å². The van der Waals surface area contributed by atoms with E-state index >= 15 is 0 Å². The molecule has 110 valence electrons. The molecule has 0 bridgehead atoms. The summed E-state index contributed by atoms with van der Waals surface area (Å²) in [5.74, 6) is 5.77. The maximum atomic E-state index is 11.2. The number of hydrazine groups is 1. The smallest absolute Gasteiger partial charge is 0.316 e. The minimum Gasteiger partial charge on any atom is -0.495 e. The quantitative estimate of drug-likeness (QED) is 0.445. The summed E-state index contributed by atoms with van der Waals surface area (Å²) in [6, 6.07) is 9.73. The molecule has 0 saturated carbocycles. The first kappa shape index (κ1) is 14.9. The second kappa shape index (κ2) is 6.29. The minimum absolute atomic E-state index is 0.145. The van der Waals surface area contributed by atoms with Crippen LogP contribution in [0.15, 0.2) is 36.4 Å². The van der Waals surface area contributed by atoms with Gasteiger partial charge in [-0.2, -0.15) is 0 Å². The number of nitrogens with one attached hydrogen (secondary N) is 2. The van der Waals surface area contributed by atoms with Gasteiger partial charge >= 0.3 is 5.69 Å². The average Bonchev–Trinajstić information content (AvgIpc) is 2.48. The summed E-state index contributed by atoms with van der Waals surface area (Å²) in [5, 5.41) is 14.6. The molecule has 0 aliphatic heterocycles. The molecule has 0 spiro atoms. The fourth-order valence-corrected chi connectivity index (χ4v) is 2.05. The van der Waals surface area contributed by atoms with Crippen LogP contribution < -0.4 is 21.3 Å². The van der Waals surface area contributed by atoms with Crippen LogP contribution in [-0.4, -0.2) is 12.0 Å². The van der Waals surface area contributed by atoms with Crippen LogP contribution in [0.2, 0.25) is 5.02 Å². The van der Waals surface area contributed by atoms with E-state index < -0.39 is 4.92 Å². The molecule has 0 amide bonds. The summed E-state index contributed by atoms with van der Waals surface area (Å²) >= 11 is 5.94. The Hall–Kier alpha value is -2.51. The SMILES string of the molecule is COc1cc(Nc2cccc(NN)c2[N+](=O)[O-])ccc1Cl. The molecule has 0 aliphatic carbocycles. The van der Waals surface area contributed by atoms with Gasteiger partial charge in [0.05, 0.1) is 17.1 Å². The maximum absolute atomic E-state index is 11.2. The third kappa shape index (κ3) is 3.15.